The molecule has 0 bridgehead atoms. The van der Waals surface area contributed by atoms with Crippen molar-refractivity contribution < 1.29 is 22.6 Å². The number of anilines is 2. The van der Waals surface area contributed by atoms with Crippen molar-refractivity contribution in [2.75, 3.05) is 23.6 Å². The Morgan fingerprint density at radius 3 is 2.61 bits per heavy atom. The summed E-state index contributed by atoms with van der Waals surface area (Å²) in [5.41, 5.74) is 2.65. The topological polar surface area (TPSA) is 55.7 Å². The monoisotopic (exact) mass is 450 g/mol. The Balaban J connectivity index is 1.52. The molecule has 0 amide bonds. The van der Waals surface area contributed by atoms with Crippen LogP contribution in [0.4, 0.5) is 24.5 Å². The van der Waals surface area contributed by atoms with Crippen LogP contribution in [-0.4, -0.2) is 28.5 Å². The van der Waals surface area contributed by atoms with Crippen molar-refractivity contribution in [3.05, 3.63) is 65.5 Å². The van der Waals surface area contributed by atoms with Gasteiger partial charge in [-0.2, -0.15) is 18.3 Å². The molecule has 1 aromatic carbocycles. The Morgan fingerprint density at radius 1 is 1.19 bits per heavy atom. The van der Waals surface area contributed by atoms with Crippen LogP contribution in [0.3, 0.4) is 0 Å². The van der Waals surface area contributed by atoms with Crippen LogP contribution in [0.5, 0.6) is 11.5 Å². The number of ether oxygens (including phenoxy) is 2. The number of aryl methyl sites for hydroxylation is 1. The molecule has 0 saturated carbocycles. The number of hydrogen-bond donors (Lipinski definition) is 0. The van der Waals surface area contributed by atoms with Crippen molar-refractivity contribution in [2.24, 2.45) is 7.05 Å². The van der Waals surface area contributed by atoms with E-state index in [1.807, 2.05) is 35.4 Å². The van der Waals surface area contributed by atoms with E-state index in [0.29, 0.717) is 29.5 Å². The minimum atomic E-state index is -4.47. The average Bonchev–Trinajstić information content (AvgIpc) is 3.46. The van der Waals surface area contributed by atoms with Crippen LogP contribution in [0.25, 0.3) is 0 Å². The van der Waals surface area contributed by atoms with Gasteiger partial charge >= 0.3 is 6.18 Å². The first kappa shape index (κ1) is 21.0. The summed E-state index contributed by atoms with van der Waals surface area (Å²) >= 11 is 0.540. The third kappa shape index (κ3) is 4.46. The maximum atomic E-state index is 12.8. The maximum absolute atomic E-state index is 12.8. The molecule has 1 aliphatic heterocycles. The molecule has 31 heavy (non-hydrogen) atoms. The molecule has 11 heteroatoms. The molecule has 2 aromatic heterocycles. The lowest BCUT2D eigenvalue weighted by Crippen LogP contribution is -2.25. The average molecular weight is 450 g/mol. The smallest absolute Gasteiger partial charge is 0.443 e. The van der Waals surface area contributed by atoms with E-state index in [1.54, 1.807) is 23.0 Å². The fourth-order valence-corrected chi connectivity index (χ4v) is 3.76. The van der Waals surface area contributed by atoms with Crippen LogP contribution in [0.15, 0.2) is 42.3 Å². The fraction of sp³-hybridized carbons (Fsp3) is 0.250. The Bertz CT molecular complexity index is 1110. The van der Waals surface area contributed by atoms with Gasteiger partial charge in [0.15, 0.2) is 16.5 Å². The van der Waals surface area contributed by atoms with Gasteiger partial charge in [-0.15, -0.1) is 11.3 Å². The van der Waals surface area contributed by atoms with Crippen LogP contribution in [0.2, 0.25) is 0 Å². The minimum Gasteiger partial charge on any atom is -0.493 e. The standard InChI is InChI=1S/C20H19F3N5O2S/c1-13-6-17(29-3)18(30-10-14-11-31-19(25-14)20(21,22)23)7-16(13)28-5-4-27(12-28)15-8-24-26(2)9-15/h4-9,11H,1,10,12H2,2-3H3. The van der Waals surface area contributed by atoms with E-state index in [9.17, 15) is 13.2 Å². The Kier molecular flexibility index (Phi) is 5.52. The molecule has 3 heterocycles. The number of aromatic nitrogens is 3. The minimum absolute atomic E-state index is 0.115. The molecule has 163 valence electrons. The highest BCUT2D eigenvalue weighted by Gasteiger charge is 2.34. The molecule has 0 fully saturated rings. The molecule has 0 atom stereocenters. The zero-order valence-corrected chi connectivity index (χ0v) is 17.6. The van der Waals surface area contributed by atoms with E-state index in [2.05, 4.69) is 17.0 Å². The van der Waals surface area contributed by atoms with Crippen LogP contribution in [-0.2, 0) is 19.8 Å². The van der Waals surface area contributed by atoms with Crippen molar-refractivity contribution in [1.29, 1.82) is 0 Å². The Hall–Kier alpha value is -3.21. The first-order chi connectivity index (χ1) is 14.7. The van der Waals surface area contributed by atoms with E-state index in [-0.39, 0.29) is 12.3 Å². The van der Waals surface area contributed by atoms with Gasteiger partial charge in [0.2, 0.25) is 0 Å². The molecule has 0 N–H and O–H groups in total. The summed E-state index contributed by atoms with van der Waals surface area (Å²) < 4.78 is 51.1. The van der Waals surface area contributed by atoms with Gasteiger partial charge in [0.1, 0.15) is 6.61 Å². The second-order valence-corrected chi connectivity index (χ2v) is 7.67. The van der Waals surface area contributed by atoms with Gasteiger partial charge in [0, 0.05) is 42.8 Å². The third-order valence-electron chi connectivity index (χ3n) is 4.60. The molecule has 3 aromatic rings. The number of rotatable bonds is 6. The fourth-order valence-electron chi connectivity index (χ4n) is 3.09. The lowest BCUT2D eigenvalue weighted by molar-refractivity contribution is -0.137. The highest BCUT2D eigenvalue weighted by Crippen LogP contribution is 2.37. The van der Waals surface area contributed by atoms with Crippen LogP contribution in [0, 0.1) is 6.92 Å². The third-order valence-corrected chi connectivity index (χ3v) is 5.53. The second-order valence-electron chi connectivity index (χ2n) is 6.81. The summed E-state index contributed by atoms with van der Waals surface area (Å²) in [5.74, 6) is 0.826. The van der Waals surface area contributed by atoms with Crippen molar-refractivity contribution in [3.63, 3.8) is 0 Å². The second kappa shape index (κ2) is 8.14. The number of halogens is 3. The lowest BCUT2D eigenvalue weighted by atomic mass is 10.1. The predicted octanol–water partition coefficient (Wildman–Crippen LogP) is 4.42. The van der Waals surface area contributed by atoms with E-state index < -0.39 is 11.2 Å². The van der Waals surface area contributed by atoms with Crippen molar-refractivity contribution in [1.82, 2.24) is 14.8 Å². The molecule has 0 spiro atoms. The number of thiazole rings is 1. The summed E-state index contributed by atoms with van der Waals surface area (Å²) in [6.45, 7) is 4.51. The summed E-state index contributed by atoms with van der Waals surface area (Å²) in [6, 6.07) is 3.49. The Morgan fingerprint density at radius 2 is 1.97 bits per heavy atom. The van der Waals surface area contributed by atoms with Gasteiger partial charge in [-0.3, -0.25) is 4.68 Å². The highest BCUT2D eigenvalue weighted by atomic mass is 32.1. The highest BCUT2D eigenvalue weighted by molar-refractivity contribution is 7.09. The van der Waals surface area contributed by atoms with Gasteiger partial charge < -0.3 is 19.3 Å². The van der Waals surface area contributed by atoms with E-state index >= 15 is 0 Å². The molecular weight excluding hydrogens is 431 g/mol. The van der Waals surface area contributed by atoms with Crippen LogP contribution in [0.1, 0.15) is 16.3 Å². The molecule has 7 nitrogen and oxygen atoms in total. The summed E-state index contributed by atoms with van der Waals surface area (Å²) in [5, 5.41) is 4.62. The predicted molar refractivity (Wildman–Crippen MR) is 111 cm³/mol. The molecule has 0 saturated heterocycles. The van der Waals surface area contributed by atoms with E-state index in [1.165, 1.54) is 12.5 Å². The maximum Gasteiger partial charge on any atom is 0.443 e. The zero-order valence-electron chi connectivity index (χ0n) is 16.8. The number of methoxy groups -OCH3 is 1. The van der Waals surface area contributed by atoms with Gasteiger partial charge in [-0.1, -0.05) is 0 Å². The quantitative estimate of drug-likeness (QED) is 0.554. The van der Waals surface area contributed by atoms with Gasteiger partial charge in [0.25, 0.3) is 0 Å². The van der Waals surface area contributed by atoms with Crippen LogP contribution >= 0.6 is 11.3 Å². The molecule has 0 unspecified atom stereocenters. The molecular formula is C20H19F3N5O2S. The van der Waals surface area contributed by atoms with Crippen molar-refractivity contribution in [3.8, 4) is 11.5 Å². The van der Waals surface area contributed by atoms with Crippen molar-refractivity contribution >= 4 is 22.7 Å². The van der Waals surface area contributed by atoms with Gasteiger partial charge in [-0.05, 0) is 18.6 Å². The molecule has 0 aliphatic carbocycles. The lowest BCUT2D eigenvalue weighted by Gasteiger charge is -2.23. The number of alkyl halides is 3. The zero-order chi connectivity index (χ0) is 22.2. The van der Waals surface area contributed by atoms with Gasteiger partial charge in [0.05, 0.1) is 31.4 Å². The largest absolute Gasteiger partial charge is 0.493 e. The molecule has 1 aliphatic rings. The molecule has 4 rings (SSSR count). The van der Waals surface area contributed by atoms with Crippen LogP contribution < -0.4 is 19.3 Å². The molecule has 1 radical (unpaired) electrons. The van der Waals surface area contributed by atoms with Gasteiger partial charge in [-0.25, -0.2) is 4.98 Å². The number of hydrogen-bond acceptors (Lipinski definition) is 7. The van der Waals surface area contributed by atoms with Crippen molar-refractivity contribution in [2.45, 2.75) is 12.8 Å². The van der Waals surface area contributed by atoms with E-state index in [0.717, 1.165) is 16.9 Å². The first-order valence-electron chi connectivity index (χ1n) is 9.13. The summed E-state index contributed by atoms with van der Waals surface area (Å²) in [4.78, 5) is 7.59. The van der Waals surface area contributed by atoms with E-state index in [4.69, 9.17) is 9.47 Å². The summed E-state index contributed by atoms with van der Waals surface area (Å²) in [7, 11) is 3.34. The first-order valence-corrected chi connectivity index (χ1v) is 10.0. The normalized spacial score (nSPS) is 13.9. The SMILES string of the molecule is [CH2]c1cc(OC)c(OCc2csc(C(F)(F)F)n2)cc1N1C=CN(c2cnn(C)c2)C1. The summed E-state index contributed by atoms with van der Waals surface area (Å²) in [6.07, 6.45) is 3.04. The Labute approximate surface area is 180 Å². The number of benzene rings is 1. The number of nitrogens with zero attached hydrogens (tertiary/aromatic N) is 5.